The van der Waals surface area contributed by atoms with Crippen LogP contribution in [0, 0.1) is 11.8 Å². The molecule has 1 heteroatoms. The van der Waals surface area contributed by atoms with E-state index in [0.717, 1.165) is 31.1 Å². The predicted octanol–water partition coefficient (Wildman–Crippen LogP) is 3.75. The van der Waals surface area contributed by atoms with Gasteiger partial charge in [-0.3, -0.25) is 0 Å². The lowest BCUT2D eigenvalue weighted by molar-refractivity contribution is 0.137. The van der Waals surface area contributed by atoms with Crippen LogP contribution in [-0.4, -0.2) is 11.2 Å². The lowest BCUT2D eigenvalue weighted by atomic mass is 9.80. The third kappa shape index (κ3) is 4.45. The van der Waals surface area contributed by atoms with E-state index in [1.165, 1.54) is 32.1 Å². The van der Waals surface area contributed by atoms with Crippen molar-refractivity contribution in [2.24, 2.45) is 11.8 Å². The van der Waals surface area contributed by atoms with Crippen LogP contribution in [0.25, 0.3) is 0 Å². The summed E-state index contributed by atoms with van der Waals surface area (Å²) in [4.78, 5) is 0. The lowest BCUT2D eigenvalue weighted by Gasteiger charge is -2.26. The van der Waals surface area contributed by atoms with Gasteiger partial charge in [-0.15, -0.1) is 0 Å². The van der Waals surface area contributed by atoms with Gasteiger partial charge in [0.2, 0.25) is 0 Å². The Morgan fingerprint density at radius 1 is 1.14 bits per heavy atom. The molecule has 0 aliphatic heterocycles. The summed E-state index contributed by atoms with van der Waals surface area (Å²) < 4.78 is 0. The summed E-state index contributed by atoms with van der Waals surface area (Å²) in [6.45, 7) is 4.51. The number of hydrogen-bond donors (Lipinski definition) is 1. The normalized spacial score (nSPS) is 30.2. The summed E-state index contributed by atoms with van der Waals surface area (Å²) in [6, 6.07) is 0. The topological polar surface area (TPSA) is 20.2 Å². The number of hydrogen-bond acceptors (Lipinski definition) is 1. The Labute approximate surface area is 88.9 Å². The van der Waals surface area contributed by atoms with Crippen molar-refractivity contribution < 1.29 is 5.11 Å². The molecule has 1 aliphatic rings. The van der Waals surface area contributed by atoms with Crippen molar-refractivity contribution in [2.75, 3.05) is 0 Å². The third-order valence-electron chi connectivity index (χ3n) is 3.67. The van der Waals surface area contributed by atoms with Gasteiger partial charge in [0.1, 0.15) is 0 Å². The quantitative estimate of drug-likeness (QED) is 0.713. The summed E-state index contributed by atoms with van der Waals surface area (Å²) in [5.41, 5.74) is 0. The Balaban J connectivity index is 2.06. The van der Waals surface area contributed by atoms with E-state index in [1.54, 1.807) is 0 Å². The van der Waals surface area contributed by atoms with E-state index in [4.69, 9.17) is 0 Å². The van der Waals surface area contributed by atoms with Gasteiger partial charge < -0.3 is 5.11 Å². The molecule has 14 heavy (non-hydrogen) atoms. The molecule has 0 bridgehead atoms. The van der Waals surface area contributed by atoms with Crippen LogP contribution in [0.15, 0.2) is 0 Å². The molecule has 0 saturated heterocycles. The van der Waals surface area contributed by atoms with Gasteiger partial charge in [0, 0.05) is 0 Å². The molecule has 1 atom stereocenters. The van der Waals surface area contributed by atoms with Crippen LogP contribution in [-0.2, 0) is 0 Å². The average molecular weight is 198 g/mol. The highest BCUT2D eigenvalue weighted by Gasteiger charge is 2.18. The molecule has 1 rings (SSSR count). The number of aliphatic hydroxyl groups is 1. The highest BCUT2D eigenvalue weighted by molar-refractivity contribution is 4.71. The second-order valence-corrected chi connectivity index (χ2v) is 5.15. The fraction of sp³-hybridized carbons (Fsp3) is 1.00. The van der Waals surface area contributed by atoms with Crippen LogP contribution < -0.4 is 0 Å². The maximum atomic E-state index is 9.63. The highest BCUT2D eigenvalue weighted by atomic mass is 16.3. The second-order valence-electron chi connectivity index (χ2n) is 5.15. The van der Waals surface area contributed by atoms with Crippen LogP contribution in [0.4, 0.5) is 0 Å². The average Bonchev–Trinajstić information content (AvgIpc) is 2.17. The van der Waals surface area contributed by atoms with Gasteiger partial charge >= 0.3 is 0 Å². The highest BCUT2D eigenvalue weighted by Crippen LogP contribution is 2.31. The fourth-order valence-corrected chi connectivity index (χ4v) is 2.52. The molecule has 0 radical (unpaired) electrons. The molecule has 0 aromatic heterocycles. The van der Waals surface area contributed by atoms with Gasteiger partial charge in [-0.05, 0) is 31.1 Å². The van der Waals surface area contributed by atoms with E-state index in [-0.39, 0.29) is 6.10 Å². The Hall–Kier alpha value is -0.0400. The van der Waals surface area contributed by atoms with Crippen LogP contribution in [0.1, 0.15) is 65.2 Å². The second kappa shape index (κ2) is 6.44. The van der Waals surface area contributed by atoms with E-state index in [1.807, 2.05) is 0 Å². The molecule has 0 aromatic carbocycles. The van der Waals surface area contributed by atoms with Crippen molar-refractivity contribution in [2.45, 2.75) is 71.3 Å². The molecule has 1 unspecified atom stereocenters. The van der Waals surface area contributed by atoms with E-state index in [9.17, 15) is 5.11 Å². The smallest absolute Gasteiger partial charge is 0.0540 e. The summed E-state index contributed by atoms with van der Waals surface area (Å²) in [5, 5.41) is 9.63. The molecule has 1 nitrogen and oxygen atoms in total. The first-order valence-electron chi connectivity index (χ1n) is 6.40. The van der Waals surface area contributed by atoms with Crippen molar-refractivity contribution >= 4 is 0 Å². The summed E-state index contributed by atoms with van der Waals surface area (Å²) in [6.07, 6.45) is 10.00. The summed E-state index contributed by atoms with van der Waals surface area (Å²) in [7, 11) is 0. The van der Waals surface area contributed by atoms with E-state index >= 15 is 0 Å². The Kier molecular flexibility index (Phi) is 5.54. The van der Waals surface area contributed by atoms with Gasteiger partial charge in [0.05, 0.1) is 6.10 Å². The number of rotatable bonds is 5. The molecule has 0 spiro atoms. The van der Waals surface area contributed by atoms with Gasteiger partial charge in [0.15, 0.2) is 0 Å². The van der Waals surface area contributed by atoms with Crippen molar-refractivity contribution in [1.29, 1.82) is 0 Å². The van der Waals surface area contributed by atoms with E-state index in [0.29, 0.717) is 0 Å². The van der Waals surface area contributed by atoms with Crippen LogP contribution >= 0.6 is 0 Å². The number of aliphatic hydroxyl groups excluding tert-OH is 1. The maximum Gasteiger partial charge on any atom is 0.0540 e. The largest absolute Gasteiger partial charge is 0.393 e. The van der Waals surface area contributed by atoms with E-state index < -0.39 is 0 Å². The SMILES string of the molecule is CCCC(O)CCC1CCC(C)CC1. The van der Waals surface area contributed by atoms with Gasteiger partial charge in [-0.2, -0.15) is 0 Å². The molecular weight excluding hydrogens is 172 g/mol. The molecule has 1 fully saturated rings. The minimum absolute atomic E-state index is 0.0284. The first-order chi connectivity index (χ1) is 6.72. The zero-order valence-electron chi connectivity index (χ0n) is 9.84. The van der Waals surface area contributed by atoms with Crippen LogP contribution in [0.2, 0.25) is 0 Å². The molecule has 0 amide bonds. The molecular formula is C13H26O. The maximum absolute atomic E-state index is 9.63. The van der Waals surface area contributed by atoms with Crippen molar-refractivity contribution in [1.82, 2.24) is 0 Å². The van der Waals surface area contributed by atoms with Crippen LogP contribution in [0.3, 0.4) is 0 Å². The van der Waals surface area contributed by atoms with Crippen LogP contribution in [0.5, 0.6) is 0 Å². The summed E-state index contributed by atoms with van der Waals surface area (Å²) >= 11 is 0. The van der Waals surface area contributed by atoms with Crippen molar-refractivity contribution in [3.05, 3.63) is 0 Å². The fourth-order valence-electron chi connectivity index (χ4n) is 2.52. The molecule has 1 saturated carbocycles. The Morgan fingerprint density at radius 2 is 1.79 bits per heavy atom. The zero-order chi connectivity index (χ0) is 10.4. The standard InChI is InChI=1S/C13H26O/c1-3-4-13(14)10-9-12-7-5-11(2)6-8-12/h11-14H,3-10H2,1-2H3. The van der Waals surface area contributed by atoms with Crippen molar-refractivity contribution in [3.8, 4) is 0 Å². The molecule has 0 aromatic rings. The first kappa shape index (κ1) is 12.0. The minimum Gasteiger partial charge on any atom is -0.393 e. The van der Waals surface area contributed by atoms with Gasteiger partial charge in [-0.25, -0.2) is 0 Å². The van der Waals surface area contributed by atoms with Gasteiger partial charge in [0.25, 0.3) is 0 Å². The zero-order valence-corrected chi connectivity index (χ0v) is 9.84. The first-order valence-corrected chi connectivity index (χ1v) is 6.40. The van der Waals surface area contributed by atoms with Crippen molar-refractivity contribution in [3.63, 3.8) is 0 Å². The predicted molar refractivity (Wildman–Crippen MR) is 61.3 cm³/mol. The van der Waals surface area contributed by atoms with Gasteiger partial charge in [-0.1, -0.05) is 46.0 Å². The molecule has 1 aliphatic carbocycles. The lowest BCUT2D eigenvalue weighted by Crippen LogP contribution is -2.15. The molecule has 1 N–H and O–H groups in total. The summed E-state index contributed by atoms with van der Waals surface area (Å²) in [5.74, 6) is 1.87. The minimum atomic E-state index is -0.0284. The van der Waals surface area contributed by atoms with E-state index in [2.05, 4.69) is 13.8 Å². The Morgan fingerprint density at radius 3 is 2.36 bits per heavy atom. The third-order valence-corrected chi connectivity index (χ3v) is 3.67. The Bertz CT molecular complexity index is 136. The molecule has 84 valence electrons. The molecule has 0 heterocycles. The monoisotopic (exact) mass is 198 g/mol.